The molecule has 17 heavy (non-hydrogen) atoms. The molecule has 2 aliphatic rings. The number of hydrogen-bond donors (Lipinski definition) is 2. The Morgan fingerprint density at radius 3 is 2.65 bits per heavy atom. The lowest BCUT2D eigenvalue weighted by atomic mass is 9.99. The van der Waals surface area contributed by atoms with Gasteiger partial charge in [-0.25, -0.2) is 0 Å². The van der Waals surface area contributed by atoms with Gasteiger partial charge in [0.1, 0.15) is 0 Å². The third-order valence-electron chi connectivity index (χ3n) is 3.46. The normalized spacial score (nSPS) is 24.5. The number of carbonyl (C=O) groups excluding carboxylic acids is 2. The van der Waals surface area contributed by atoms with E-state index in [-0.39, 0.29) is 18.7 Å². The van der Waals surface area contributed by atoms with Crippen molar-refractivity contribution in [1.82, 2.24) is 10.2 Å². The van der Waals surface area contributed by atoms with Crippen LogP contribution in [-0.4, -0.2) is 47.1 Å². The first-order chi connectivity index (χ1) is 8.22. The summed E-state index contributed by atoms with van der Waals surface area (Å²) in [7, 11) is 0. The Bertz CT molecular complexity index is 300. The van der Waals surface area contributed by atoms with Crippen molar-refractivity contribution in [3.05, 3.63) is 0 Å². The molecule has 2 amide bonds. The van der Waals surface area contributed by atoms with Gasteiger partial charge in [-0.05, 0) is 38.5 Å². The molecule has 0 radical (unpaired) electrons. The number of rotatable bonds is 3. The SMILES string of the molecule is O=C(NC1CC1)C(=O)N1CCCCC1CCO. The minimum atomic E-state index is -0.475. The lowest BCUT2D eigenvalue weighted by Gasteiger charge is -2.35. The van der Waals surface area contributed by atoms with E-state index in [9.17, 15) is 9.59 Å². The van der Waals surface area contributed by atoms with Gasteiger partial charge >= 0.3 is 11.8 Å². The largest absolute Gasteiger partial charge is 0.396 e. The molecule has 0 aromatic rings. The highest BCUT2D eigenvalue weighted by atomic mass is 16.3. The van der Waals surface area contributed by atoms with Gasteiger partial charge in [-0.1, -0.05) is 0 Å². The topological polar surface area (TPSA) is 69.6 Å². The summed E-state index contributed by atoms with van der Waals surface area (Å²) in [5, 5.41) is 11.7. The Labute approximate surface area is 101 Å². The van der Waals surface area contributed by atoms with E-state index in [0.29, 0.717) is 13.0 Å². The van der Waals surface area contributed by atoms with Gasteiger partial charge in [0.05, 0.1) is 0 Å². The van der Waals surface area contributed by atoms with Crippen LogP contribution < -0.4 is 5.32 Å². The van der Waals surface area contributed by atoms with Gasteiger partial charge in [0.15, 0.2) is 0 Å². The van der Waals surface area contributed by atoms with E-state index in [2.05, 4.69) is 5.32 Å². The number of aliphatic hydroxyl groups is 1. The second kappa shape index (κ2) is 5.49. The van der Waals surface area contributed by atoms with Crippen molar-refractivity contribution in [2.45, 2.75) is 50.6 Å². The molecule has 96 valence electrons. The van der Waals surface area contributed by atoms with Crippen LogP contribution in [-0.2, 0) is 9.59 Å². The second-order valence-electron chi connectivity index (χ2n) is 4.91. The molecular weight excluding hydrogens is 220 g/mol. The standard InChI is InChI=1S/C12H20N2O3/c15-8-6-10-3-1-2-7-14(10)12(17)11(16)13-9-4-5-9/h9-10,15H,1-8H2,(H,13,16). The zero-order valence-corrected chi connectivity index (χ0v) is 10.0. The van der Waals surface area contributed by atoms with Crippen molar-refractivity contribution < 1.29 is 14.7 Å². The Morgan fingerprint density at radius 2 is 2.00 bits per heavy atom. The summed E-state index contributed by atoms with van der Waals surface area (Å²) in [6, 6.07) is 0.249. The lowest BCUT2D eigenvalue weighted by molar-refractivity contribution is -0.148. The molecule has 0 aromatic heterocycles. The van der Waals surface area contributed by atoms with Crippen LogP contribution in [0.25, 0.3) is 0 Å². The highest BCUT2D eigenvalue weighted by molar-refractivity contribution is 6.35. The molecule has 1 unspecified atom stereocenters. The number of piperidine rings is 1. The molecule has 2 fully saturated rings. The highest BCUT2D eigenvalue weighted by Crippen LogP contribution is 2.21. The lowest BCUT2D eigenvalue weighted by Crippen LogP contribution is -2.50. The summed E-state index contributed by atoms with van der Waals surface area (Å²) >= 11 is 0. The molecule has 2 N–H and O–H groups in total. The van der Waals surface area contributed by atoms with E-state index in [4.69, 9.17) is 5.11 Å². The molecule has 1 saturated heterocycles. The zero-order chi connectivity index (χ0) is 12.3. The van der Waals surface area contributed by atoms with Crippen molar-refractivity contribution >= 4 is 11.8 Å². The molecule has 1 atom stereocenters. The Morgan fingerprint density at radius 1 is 1.24 bits per heavy atom. The number of nitrogens with one attached hydrogen (secondary N) is 1. The van der Waals surface area contributed by atoms with Crippen LogP contribution in [0.3, 0.4) is 0 Å². The molecule has 0 bridgehead atoms. The van der Waals surface area contributed by atoms with Gasteiger partial charge in [-0.2, -0.15) is 0 Å². The first-order valence-corrected chi connectivity index (χ1v) is 6.44. The molecule has 5 nitrogen and oxygen atoms in total. The van der Waals surface area contributed by atoms with Crippen LogP contribution >= 0.6 is 0 Å². The molecule has 1 saturated carbocycles. The monoisotopic (exact) mass is 240 g/mol. The Hall–Kier alpha value is -1.10. The third-order valence-corrected chi connectivity index (χ3v) is 3.46. The number of amides is 2. The number of nitrogens with zero attached hydrogens (tertiary/aromatic N) is 1. The fraction of sp³-hybridized carbons (Fsp3) is 0.833. The quantitative estimate of drug-likeness (QED) is 0.684. The summed E-state index contributed by atoms with van der Waals surface area (Å²) in [6.07, 6.45) is 5.45. The maximum absolute atomic E-state index is 12.0. The van der Waals surface area contributed by atoms with Crippen molar-refractivity contribution in [1.29, 1.82) is 0 Å². The zero-order valence-electron chi connectivity index (χ0n) is 10.0. The van der Waals surface area contributed by atoms with Crippen LogP contribution in [0, 0.1) is 0 Å². The molecule has 0 aromatic carbocycles. The van der Waals surface area contributed by atoms with Crippen molar-refractivity contribution in [2.24, 2.45) is 0 Å². The maximum Gasteiger partial charge on any atom is 0.312 e. The van der Waals surface area contributed by atoms with Crippen LogP contribution in [0.2, 0.25) is 0 Å². The minimum Gasteiger partial charge on any atom is -0.396 e. The first kappa shape index (κ1) is 12.4. The van der Waals surface area contributed by atoms with Gasteiger partial charge in [0, 0.05) is 25.2 Å². The average molecular weight is 240 g/mol. The van der Waals surface area contributed by atoms with Crippen LogP contribution in [0.1, 0.15) is 38.5 Å². The fourth-order valence-corrected chi connectivity index (χ4v) is 2.32. The second-order valence-corrected chi connectivity index (χ2v) is 4.91. The molecule has 5 heteroatoms. The molecule has 1 heterocycles. The van der Waals surface area contributed by atoms with Crippen LogP contribution in [0.15, 0.2) is 0 Å². The van der Waals surface area contributed by atoms with Gasteiger partial charge < -0.3 is 15.3 Å². The Kier molecular flexibility index (Phi) is 3.99. The molecule has 1 aliphatic carbocycles. The smallest absolute Gasteiger partial charge is 0.312 e. The maximum atomic E-state index is 12.0. The van der Waals surface area contributed by atoms with Crippen LogP contribution in [0.5, 0.6) is 0 Å². The summed E-state index contributed by atoms with van der Waals surface area (Å²) in [5.74, 6) is -0.896. The summed E-state index contributed by atoms with van der Waals surface area (Å²) in [5.41, 5.74) is 0. The molecule has 1 aliphatic heterocycles. The third kappa shape index (κ3) is 3.19. The summed E-state index contributed by atoms with van der Waals surface area (Å²) < 4.78 is 0. The Balaban J connectivity index is 1.91. The fourth-order valence-electron chi connectivity index (χ4n) is 2.32. The van der Waals surface area contributed by atoms with E-state index in [0.717, 1.165) is 32.1 Å². The van der Waals surface area contributed by atoms with Crippen molar-refractivity contribution in [3.8, 4) is 0 Å². The van der Waals surface area contributed by atoms with Crippen molar-refractivity contribution in [2.75, 3.05) is 13.2 Å². The molecular formula is C12H20N2O3. The van der Waals surface area contributed by atoms with Gasteiger partial charge in [0.25, 0.3) is 0 Å². The highest BCUT2D eigenvalue weighted by Gasteiger charge is 2.33. The number of hydrogen-bond acceptors (Lipinski definition) is 3. The first-order valence-electron chi connectivity index (χ1n) is 6.44. The van der Waals surface area contributed by atoms with Gasteiger partial charge in [-0.15, -0.1) is 0 Å². The molecule has 2 rings (SSSR count). The van der Waals surface area contributed by atoms with E-state index in [1.54, 1.807) is 4.90 Å². The van der Waals surface area contributed by atoms with Gasteiger partial charge in [-0.3, -0.25) is 9.59 Å². The summed E-state index contributed by atoms with van der Waals surface area (Å²) in [4.78, 5) is 25.3. The predicted molar refractivity (Wildman–Crippen MR) is 62.2 cm³/mol. The average Bonchev–Trinajstić information content (AvgIpc) is 3.13. The van der Waals surface area contributed by atoms with Crippen LogP contribution in [0.4, 0.5) is 0 Å². The number of likely N-dealkylation sites (tertiary alicyclic amines) is 1. The van der Waals surface area contributed by atoms with Gasteiger partial charge in [0.2, 0.25) is 0 Å². The van der Waals surface area contributed by atoms with E-state index < -0.39 is 11.8 Å². The molecule has 0 spiro atoms. The number of carbonyl (C=O) groups is 2. The minimum absolute atomic E-state index is 0.0335. The predicted octanol–water partition coefficient (Wildman–Crippen LogP) is 0.0285. The number of aliphatic hydroxyl groups excluding tert-OH is 1. The van der Waals surface area contributed by atoms with E-state index in [1.165, 1.54) is 0 Å². The van der Waals surface area contributed by atoms with E-state index >= 15 is 0 Å². The summed E-state index contributed by atoms with van der Waals surface area (Å²) in [6.45, 7) is 0.709. The van der Waals surface area contributed by atoms with Crippen molar-refractivity contribution in [3.63, 3.8) is 0 Å². The van der Waals surface area contributed by atoms with E-state index in [1.807, 2.05) is 0 Å².